The molecule has 1 saturated heterocycles. The molecule has 1 heterocycles. The maximum absolute atomic E-state index is 12.1. The maximum atomic E-state index is 12.1. The summed E-state index contributed by atoms with van der Waals surface area (Å²) in [5.41, 5.74) is 0. The van der Waals surface area contributed by atoms with Crippen LogP contribution >= 0.6 is 0 Å². The van der Waals surface area contributed by atoms with E-state index in [2.05, 4.69) is 31.1 Å². The SMILES string of the molecule is CCOC(=O)C1CCN(C(=O)NCCN(C)C(C)CC)CC1. The van der Waals surface area contributed by atoms with E-state index in [1.807, 2.05) is 6.92 Å². The number of piperidine rings is 1. The number of hydrogen-bond acceptors (Lipinski definition) is 4. The third kappa shape index (κ3) is 5.83. The van der Waals surface area contributed by atoms with Gasteiger partial charge in [-0.25, -0.2) is 4.79 Å². The Bertz CT molecular complexity index is 355. The standard InChI is InChI=1S/C16H31N3O3/c1-5-13(3)18(4)12-9-17-16(21)19-10-7-14(8-11-19)15(20)22-6-2/h13-14H,5-12H2,1-4H3,(H,17,21). The van der Waals surface area contributed by atoms with Crippen LogP contribution in [0.5, 0.6) is 0 Å². The molecule has 1 rings (SSSR count). The molecule has 2 amide bonds. The highest BCUT2D eigenvalue weighted by Crippen LogP contribution is 2.18. The highest BCUT2D eigenvalue weighted by molar-refractivity contribution is 5.76. The molecule has 0 radical (unpaired) electrons. The minimum absolute atomic E-state index is 0.0279. The monoisotopic (exact) mass is 313 g/mol. The lowest BCUT2D eigenvalue weighted by Gasteiger charge is -2.31. The number of ether oxygens (including phenoxy) is 1. The molecule has 1 aliphatic rings. The number of likely N-dealkylation sites (tertiary alicyclic amines) is 1. The van der Waals surface area contributed by atoms with Gasteiger partial charge in [-0.1, -0.05) is 6.92 Å². The van der Waals surface area contributed by atoms with Gasteiger partial charge in [-0.15, -0.1) is 0 Å². The Balaban J connectivity index is 2.24. The lowest BCUT2D eigenvalue weighted by atomic mass is 9.97. The van der Waals surface area contributed by atoms with Gasteiger partial charge < -0.3 is 19.9 Å². The van der Waals surface area contributed by atoms with Gasteiger partial charge in [0, 0.05) is 32.2 Å². The van der Waals surface area contributed by atoms with Crippen molar-refractivity contribution in [2.24, 2.45) is 5.92 Å². The number of nitrogens with zero attached hydrogens (tertiary/aromatic N) is 2. The molecule has 6 heteroatoms. The largest absolute Gasteiger partial charge is 0.466 e. The number of hydrogen-bond donors (Lipinski definition) is 1. The van der Waals surface area contributed by atoms with Crippen molar-refractivity contribution >= 4 is 12.0 Å². The summed E-state index contributed by atoms with van der Waals surface area (Å²) in [6.07, 6.45) is 2.49. The van der Waals surface area contributed by atoms with Crippen molar-refractivity contribution in [3.05, 3.63) is 0 Å². The van der Waals surface area contributed by atoms with Gasteiger partial charge in [0.2, 0.25) is 0 Å². The van der Waals surface area contributed by atoms with Crippen molar-refractivity contribution in [3.8, 4) is 0 Å². The minimum Gasteiger partial charge on any atom is -0.466 e. The van der Waals surface area contributed by atoms with Gasteiger partial charge >= 0.3 is 12.0 Å². The van der Waals surface area contributed by atoms with E-state index in [1.165, 1.54) is 0 Å². The number of nitrogens with one attached hydrogen (secondary N) is 1. The quantitative estimate of drug-likeness (QED) is 0.727. The number of carbonyl (C=O) groups is 2. The van der Waals surface area contributed by atoms with Gasteiger partial charge in [0.1, 0.15) is 0 Å². The molecule has 1 atom stereocenters. The average molecular weight is 313 g/mol. The molecule has 128 valence electrons. The number of urea groups is 1. The van der Waals surface area contributed by atoms with Gasteiger partial charge in [0.05, 0.1) is 12.5 Å². The fourth-order valence-electron chi connectivity index (χ4n) is 2.56. The van der Waals surface area contributed by atoms with E-state index >= 15 is 0 Å². The molecule has 0 spiro atoms. The van der Waals surface area contributed by atoms with E-state index in [0.29, 0.717) is 45.1 Å². The predicted octanol–water partition coefficient (Wildman–Crippen LogP) is 1.70. The topological polar surface area (TPSA) is 61.9 Å². The molecular weight excluding hydrogens is 282 g/mol. The van der Waals surface area contributed by atoms with Crippen molar-refractivity contribution in [2.45, 2.75) is 46.1 Å². The van der Waals surface area contributed by atoms with Crippen molar-refractivity contribution in [3.63, 3.8) is 0 Å². The van der Waals surface area contributed by atoms with Gasteiger partial charge in [-0.2, -0.15) is 0 Å². The Labute approximate surface area is 134 Å². The molecule has 1 fully saturated rings. The molecule has 0 aromatic rings. The summed E-state index contributed by atoms with van der Waals surface area (Å²) in [5.74, 6) is -0.182. The first kappa shape index (κ1) is 18.7. The maximum Gasteiger partial charge on any atom is 0.317 e. The van der Waals surface area contributed by atoms with E-state index in [1.54, 1.807) is 4.90 Å². The molecule has 0 saturated carbocycles. The minimum atomic E-state index is -0.127. The molecule has 6 nitrogen and oxygen atoms in total. The first-order chi connectivity index (χ1) is 10.5. The lowest BCUT2D eigenvalue weighted by Crippen LogP contribution is -2.47. The van der Waals surface area contributed by atoms with Crippen LogP contribution in [0.3, 0.4) is 0 Å². The summed E-state index contributed by atoms with van der Waals surface area (Å²) in [6, 6.07) is 0.497. The highest BCUT2D eigenvalue weighted by atomic mass is 16.5. The fourth-order valence-corrected chi connectivity index (χ4v) is 2.56. The number of amides is 2. The van der Waals surface area contributed by atoms with Crippen LogP contribution in [0.4, 0.5) is 4.79 Å². The molecule has 0 aromatic heterocycles. The van der Waals surface area contributed by atoms with Crippen LogP contribution in [-0.2, 0) is 9.53 Å². The van der Waals surface area contributed by atoms with Gasteiger partial charge in [-0.05, 0) is 40.2 Å². The molecule has 1 unspecified atom stereocenters. The third-order valence-corrected chi connectivity index (χ3v) is 4.49. The molecule has 1 aliphatic heterocycles. The van der Waals surface area contributed by atoms with Crippen molar-refractivity contribution < 1.29 is 14.3 Å². The molecule has 0 aromatic carbocycles. The summed E-state index contributed by atoms with van der Waals surface area (Å²) in [4.78, 5) is 27.8. The van der Waals surface area contributed by atoms with Crippen LogP contribution in [0.1, 0.15) is 40.0 Å². The van der Waals surface area contributed by atoms with Crippen LogP contribution in [0.15, 0.2) is 0 Å². The molecule has 0 bridgehead atoms. The average Bonchev–Trinajstić information content (AvgIpc) is 2.54. The van der Waals surface area contributed by atoms with Crippen molar-refractivity contribution in [2.75, 3.05) is 39.8 Å². The van der Waals surface area contributed by atoms with Crippen LogP contribution in [0.2, 0.25) is 0 Å². The second-order valence-electron chi connectivity index (χ2n) is 5.98. The van der Waals surface area contributed by atoms with E-state index in [-0.39, 0.29) is 17.9 Å². The molecule has 0 aliphatic carbocycles. The summed E-state index contributed by atoms with van der Waals surface area (Å²) in [5, 5.41) is 2.96. The molecular formula is C16H31N3O3. The van der Waals surface area contributed by atoms with E-state index < -0.39 is 0 Å². The normalized spacial score (nSPS) is 17.4. The number of likely N-dealkylation sites (N-methyl/N-ethyl adjacent to an activating group) is 1. The number of rotatable bonds is 7. The Hall–Kier alpha value is -1.30. The van der Waals surface area contributed by atoms with Crippen LogP contribution in [-0.4, -0.2) is 67.7 Å². The summed E-state index contributed by atoms with van der Waals surface area (Å²) >= 11 is 0. The number of carbonyl (C=O) groups excluding carboxylic acids is 2. The highest BCUT2D eigenvalue weighted by Gasteiger charge is 2.28. The van der Waals surface area contributed by atoms with Gasteiger partial charge in [-0.3, -0.25) is 4.79 Å². The Morgan fingerprint density at radius 2 is 1.95 bits per heavy atom. The Morgan fingerprint density at radius 3 is 2.50 bits per heavy atom. The smallest absolute Gasteiger partial charge is 0.317 e. The van der Waals surface area contributed by atoms with Crippen LogP contribution in [0, 0.1) is 5.92 Å². The van der Waals surface area contributed by atoms with Gasteiger partial charge in [0.25, 0.3) is 0 Å². The second-order valence-corrected chi connectivity index (χ2v) is 5.98. The van der Waals surface area contributed by atoms with Crippen LogP contribution in [0.25, 0.3) is 0 Å². The third-order valence-electron chi connectivity index (χ3n) is 4.49. The zero-order valence-corrected chi connectivity index (χ0v) is 14.4. The second kappa shape index (κ2) is 9.66. The van der Waals surface area contributed by atoms with Crippen LogP contribution < -0.4 is 5.32 Å². The fraction of sp³-hybridized carbons (Fsp3) is 0.875. The van der Waals surface area contributed by atoms with E-state index in [9.17, 15) is 9.59 Å². The first-order valence-electron chi connectivity index (χ1n) is 8.39. The zero-order chi connectivity index (χ0) is 16.5. The van der Waals surface area contributed by atoms with Crippen molar-refractivity contribution in [1.29, 1.82) is 0 Å². The Morgan fingerprint density at radius 1 is 1.32 bits per heavy atom. The van der Waals surface area contributed by atoms with E-state index in [4.69, 9.17) is 4.74 Å². The Kier molecular flexibility index (Phi) is 8.24. The number of esters is 1. The summed E-state index contributed by atoms with van der Waals surface area (Å²) < 4.78 is 5.04. The first-order valence-corrected chi connectivity index (χ1v) is 8.39. The summed E-state index contributed by atoms with van der Waals surface area (Å²) in [6.45, 7) is 9.32. The van der Waals surface area contributed by atoms with E-state index in [0.717, 1.165) is 13.0 Å². The zero-order valence-electron chi connectivity index (χ0n) is 14.4. The lowest BCUT2D eigenvalue weighted by molar-refractivity contribution is -0.149. The van der Waals surface area contributed by atoms with Gasteiger partial charge in [0.15, 0.2) is 0 Å². The predicted molar refractivity (Wildman–Crippen MR) is 86.7 cm³/mol. The molecule has 22 heavy (non-hydrogen) atoms. The summed E-state index contributed by atoms with van der Waals surface area (Å²) in [7, 11) is 2.07. The molecule has 1 N–H and O–H groups in total. The van der Waals surface area contributed by atoms with Crippen molar-refractivity contribution in [1.82, 2.24) is 15.1 Å².